The van der Waals surface area contributed by atoms with E-state index in [9.17, 15) is 8.78 Å². The molecule has 0 aromatic carbocycles. The van der Waals surface area contributed by atoms with Crippen LogP contribution in [0.4, 0.5) is 8.78 Å². The Balaban J connectivity index is 2.52. The van der Waals surface area contributed by atoms with Gasteiger partial charge >= 0.3 is 0 Å². The number of rotatable bonds is 2. The van der Waals surface area contributed by atoms with Gasteiger partial charge in [0.25, 0.3) is 6.43 Å². The van der Waals surface area contributed by atoms with Gasteiger partial charge in [0.15, 0.2) is 0 Å². The quantitative estimate of drug-likeness (QED) is 0.662. The Kier molecular flexibility index (Phi) is 3.62. The average molecular weight is 193 g/mol. The highest BCUT2D eigenvalue weighted by Crippen LogP contribution is 2.18. The average Bonchev–Trinajstić information content (AvgIpc) is 2.03. The van der Waals surface area contributed by atoms with E-state index in [1.165, 1.54) is 0 Å². The van der Waals surface area contributed by atoms with E-state index < -0.39 is 12.5 Å². The summed E-state index contributed by atoms with van der Waals surface area (Å²) in [7, 11) is 0. The highest BCUT2D eigenvalue weighted by Gasteiger charge is 2.32. The number of hydrogen-bond acceptors (Lipinski definition) is 2. The maximum atomic E-state index is 12.4. The Morgan fingerprint density at radius 3 is 2.38 bits per heavy atom. The van der Waals surface area contributed by atoms with Crippen molar-refractivity contribution in [2.75, 3.05) is 13.1 Å². The van der Waals surface area contributed by atoms with Crippen LogP contribution < -0.4 is 0 Å². The molecular formula is C9H17F2NO. The zero-order chi connectivity index (χ0) is 10.0. The van der Waals surface area contributed by atoms with Gasteiger partial charge in [-0.05, 0) is 20.8 Å². The van der Waals surface area contributed by atoms with Gasteiger partial charge in [0.05, 0.1) is 6.10 Å². The number of hydrogen-bond donors (Lipinski definition) is 0. The lowest BCUT2D eigenvalue weighted by Crippen LogP contribution is -2.51. The largest absolute Gasteiger partial charge is 0.367 e. The third kappa shape index (κ3) is 2.88. The van der Waals surface area contributed by atoms with Crippen molar-refractivity contribution in [1.29, 1.82) is 0 Å². The van der Waals surface area contributed by atoms with Crippen LogP contribution in [0.3, 0.4) is 0 Å². The van der Waals surface area contributed by atoms with E-state index in [1.807, 2.05) is 25.7 Å². The van der Waals surface area contributed by atoms with Crippen molar-refractivity contribution in [3.05, 3.63) is 0 Å². The summed E-state index contributed by atoms with van der Waals surface area (Å²) in [5, 5.41) is 0. The van der Waals surface area contributed by atoms with Crippen LogP contribution in [0, 0.1) is 0 Å². The summed E-state index contributed by atoms with van der Waals surface area (Å²) >= 11 is 0. The van der Waals surface area contributed by atoms with Crippen molar-refractivity contribution in [2.45, 2.75) is 45.4 Å². The van der Waals surface area contributed by atoms with Crippen LogP contribution in [0.5, 0.6) is 0 Å². The molecule has 78 valence electrons. The normalized spacial score (nSPS) is 31.6. The number of morpholine rings is 1. The van der Waals surface area contributed by atoms with Gasteiger partial charge in [0.1, 0.15) is 6.10 Å². The first kappa shape index (κ1) is 10.9. The summed E-state index contributed by atoms with van der Waals surface area (Å²) in [5.41, 5.74) is 0. The standard InChI is InChI=1S/C9H17F2NO/c1-6(2)12-4-7(3)13-8(5-12)9(10)11/h6-9H,4-5H2,1-3H3. The minimum absolute atomic E-state index is 0.0878. The van der Waals surface area contributed by atoms with E-state index in [4.69, 9.17) is 4.74 Å². The fraction of sp³-hybridized carbons (Fsp3) is 1.00. The lowest BCUT2D eigenvalue weighted by Gasteiger charge is -2.38. The molecule has 1 fully saturated rings. The molecule has 0 N–H and O–H groups in total. The Morgan fingerprint density at radius 1 is 1.31 bits per heavy atom. The molecule has 0 amide bonds. The van der Waals surface area contributed by atoms with Crippen molar-refractivity contribution in [3.8, 4) is 0 Å². The topological polar surface area (TPSA) is 12.5 Å². The molecule has 1 aliphatic rings. The summed E-state index contributed by atoms with van der Waals surface area (Å²) < 4.78 is 29.9. The number of ether oxygens (including phenoxy) is 1. The van der Waals surface area contributed by atoms with E-state index in [0.717, 1.165) is 6.54 Å². The fourth-order valence-electron chi connectivity index (χ4n) is 1.58. The van der Waals surface area contributed by atoms with Gasteiger partial charge in [-0.15, -0.1) is 0 Å². The molecule has 0 aliphatic carbocycles. The number of halogens is 2. The van der Waals surface area contributed by atoms with Gasteiger partial charge in [-0.2, -0.15) is 0 Å². The van der Waals surface area contributed by atoms with Gasteiger partial charge in [0, 0.05) is 19.1 Å². The second-order valence-electron chi connectivity index (χ2n) is 3.87. The van der Waals surface area contributed by atoms with Gasteiger partial charge in [0.2, 0.25) is 0 Å². The molecular weight excluding hydrogens is 176 g/mol. The third-order valence-electron chi connectivity index (χ3n) is 2.32. The Labute approximate surface area is 77.9 Å². The summed E-state index contributed by atoms with van der Waals surface area (Å²) in [4.78, 5) is 2.03. The molecule has 13 heavy (non-hydrogen) atoms. The molecule has 2 atom stereocenters. The van der Waals surface area contributed by atoms with E-state index in [-0.39, 0.29) is 6.10 Å². The molecule has 0 bridgehead atoms. The molecule has 1 aliphatic heterocycles. The Hall–Kier alpha value is -0.220. The van der Waals surface area contributed by atoms with Crippen molar-refractivity contribution in [2.24, 2.45) is 0 Å². The molecule has 1 saturated heterocycles. The minimum atomic E-state index is -2.37. The van der Waals surface area contributed by atoms with Gasteiger partial charge in [-0.3, -0.25) is 4.90 Å². The maximum absolute atomic E-state index is 12.4. The molecule has 1 rings (SSSR count). The van der Waals surface area contributed by atoms with Crippen LogP contribution in [-0.2, 0) is 4.74 Å². The minimum Gasteiger partial charge on any atom is -0.367 e. The Bertz CT molecular complexity index is 148. The zero-order valence-electron chi connectivity index (χ0n) is 8.34. The molecule has 0 radical (unpaired) electrons. The second kappa shape index (κ2) is 4.33. The Morgan fingerprint density at radius 2 is 1.92 bits per heavy atom. The van der Waals surface area contributed by atoms with E-state index in [2.05, 4.69) is 0 Å². The second-order valence-corrected chi connectivity index (χ2v) is 3.87. The van der Waals surface area contributed by atoms with Crippen LogP contribution in [0.2, 0.25) is 0 Å². The van der Waals surface area contributed by atoms with Crippen molar-refractivity contribution in [3.63, 3.8) is 0 Å². The molecule has 0 aromatic rings. The van der Waals surface area contributed by atoms with E-state index in [0.29, 0.717) is 12.6 Å². The van der Waals surface area contributed by atoms with Crippen LogP contribution in [0.25, 0.3) is 0 Å². The number of alkyl halides is 2. The first-order chi connectivity index (χ1) is 6.00. The van der Waals surface area contributed by atoms with Crippen molar-refractivity contribution >= 4 is 0 Å². The first-order valence-electron chi connectivity index (χ1n) is 4.68. The maximum Gasteiger partial charge on any atom is 0.265 e. The molecule has 0 aromatic heterocycles. The summed E-state index contributed by atoms with van der Waals surface area (Å²) in [5.74, 6) is 0. The fourth-order valence-corrected chi connectivity index (χ4v) is 1.58. The van der Waals surface area contributed by atoms with Crippen LogP contribution in [0.1, 0.15) is 20.8 Å². The molecule has 1 heterocycles. The smallest absolute Gasteiger partial charge is 0.265 e. The van der Waals surface area contributed by atoms with E-state index in [1.54, 1.807) is 0 Å². The van der Waals surface area contributed by atoms with Crippen LogP contribution in [-0.4, -0.2) is 42.7 Å². The summed E-state index contributed by atoms with van der Waals surface area (Å²) in [6.07, 6.45) is -3.37. The highest BCUT2D eigenvalue weighted by atomic mass is 19.3. The lowest BCUT2D eigenvalue weighted by molar-refractivity contribution is -0.140. The molecule has 0 saturated carbocycles. The van der Waals surface area contributed by atoms with Gasteiger partial charge in [-0.1, -0.05) is 0 Å². The monoisotopic (exact) mass is 193 g/mol. The van der Waals surface area contributed by atoms with E-state index >= 15 is 0 Å². The van der Waals surface area contributed by atoms with Crippen LogP contribution >= 0.6 is 0 Å². The van der Waals surface area contributed by atoms with Crippen molar-refractivity contribution < 1.29 is 13.5 Å². The lowest BCUT2D eigenvalue weighted by atomic mass is 10.2. The zero-order valence-corrected chi connectivity index (χ0v) is 8.34. The highest BCUT2D eigenvalue weighted by molar-refractivity contribution is 4.79. The predicted octanol–water partition coefficient (Wildman–Crippen LogP) is 1.75. The van der Waals surface area contributed by atoms with Crippen LogP contribution in [0.15, 0.2) is 0 Å². The predicted molar refractivity (Wildman–Crippen MR) is 47.0 cm³/mol. The summed E-state index contributed by atoms with van der Waals surface area (Å²) in [6.45, 7) is 6.96. The first-order valence-corrected chi connectivity index (χ1v) is 4.68. The number of nitrogens with zero attached hydrogens (tertiary/aromatic N) is 1. The SMILES string of the molecule is CC1CN(C(C)C)CC(C(F)F)O1. The molecule has 2 unspecified atom stereocenters. The van der Waals surface area contributed by atoms with Crippen molar-refractivity contribution in [1.82, 2.24) is 4.90 Å². The van der Waals surface area contributed by atoms with Gasteiger partial charge in [-0.25, -0.2) is 8.78 Å². The molecule has 2 nitrogen and oxygen atoms in total. The summed E-state index contributed by atoms with van der Waals surface area (Å²) in [6, 6.07) is 0.313. The molecule has 4 heteroatoms. The molecule has 0 spiro atoms. The van der Waals surface area contributed by atoms with Gasteiger partial charge < -0.3 is 4.74 Å². The third-order valence-corrected chi connectivity index (χ3v) is 2.32.